The van der Waals surface area contributed by atoms with Gasteiger partial charge in [-0.05, 0) is 66.6 Å². The van der Waals surface area contributed by atoms with E-state index in [-0.39, 0.29) is 12.4 Å². The number of hydrazone groups is 1. The van der Waals surface area contributed by atoms with Gasteiger partial charge in [-0.15, -0.1) is 0 Å². The summed E-state index contributed by atoms with van der Waals surface area (Å²) in [6.07, 6.45) is 1.41. The second-order valence-electron chi connectivity index (χ2n) is 6.51. The largest absolute Gasteiger partial charge is 0.489 e. The highest BCUT2D eigenvalue weighted by molar-refractivity contribution is 6.39. The summed E-state index contributed by atoms with van der Waals surface area (Å²) in [6, 6.07) is 20.2. The van der Waals surface area contributed by atoms with Gasteiger partial charge in [-0.25, -0.2) is 9.82 Å². The maximum atomic E-state index is 13.2. The number of halogens is 1. The SMILES string of the molecule is Cc1ccc(NC(=O)C(=O)N/N=C\c2ccc(OCc3cccc(F)c3)cc2)cc1. The van der Waals surface area contributed by atoms with Crippen LogP contribution in [0, 0.1) is 12.7 Å². The highest BCUT2D eigenvalue weighted by Gasteiger charge is 2.12. The molecule has 0 aliphatic heterocycles. The lowest BCUT2D eigenvalue weighted by atomic mass is 10.2. The molecule has 0 aliphatic carbocycles. The van der Waals surface area contributed by atoms with Crippen LogP contribution in [0.3, 0.4) is 0 Å². The van der Waals surface area contributed by atoms with Gasteiger partial charge in [0.2, 0.25) is 0 Å². The van der Waals surface area contributed by atoms with E-state index in [4.69, 9.17) is 4.74 Å². The molecule has 0 heterocycles. The standard InChI is InChI=1S/C23H20FN3O3/c1-16-5-9-20(10-6-16)26-22(28)23(29)27-25-14-17-7-11-21(12-8-17)30-15-18-3-2-4-19(24)13-18/h2-14H,15H2,1H3,(H,26,28)(H,27,29)/b25-14-. The Kier molecular flexibility index (Phi) is 6.89. The summed E-state index contributed by atoms with van der Waals surface area (Å²) in [5.74, 6) is -1.38. The average Bonchev–Trinajstić information content (AvgIpc) is 2.75. The third-order valence-corrected chi connectivity index (χ3v) is 4.07. The molecule has 0 aromatic heterocycles. The Bertz CT molecular complexity index is 1050. The molecule has 0 aliphatic rings. The number of hydrogen-bond acceptors (Lipinski definition) is 4. The zero-order valence-corrected chi connectivity index (χ0v) is 16.3. The zero-order valence-electron chi connectivity index (χ0n) is 16.3. The molecule has 0 radical (unpaired) electrons. The number of benzene rings is 3. The van der Waals surface area contributed by atoms with Gasteiger partial charge in [0.15, 0.2) is 0 Å². The van der Waals surface area contributed by atoms with Crippen LogP contribution in [0.15, 0.2) is 77.9 Å². The van der Waals surface area contributed by atoms with Crippen molar-refractivity contribution in [3.8, 4) is 5.75 Å². The van der Waals surface area contributed by atoms with E-state index in [0.717, 1.165) is 11.1 Å². The van der Waals surface area contributed by atoms with Crippen molar-refractivity contribution in [1.29, 1.82) is 0 Å². The van der Waals surface area contributed by atoms with Gasteiger partial charge in [0, 0.05) is 5.69 Å². The van der Waals surface area contributed by atoms with E-state index in [2.05, 4.69) is 15.8 Å². The first kappa shape index (κ1) is 20.7. The van der Waals surface area contributed by atoms with Gasteiger partial charge in [0.05, 0.1) is 6.21 Å². The van der Waals surface area contributed by atoms with Crippen molar-refractivity contribution in [2.75, 3.05) is 5.32 Å². The molecule has 2 amide bonds. The van der Waals surface area contributed by atoms with E-state index >= 15 is 0 Å². The Labute approximate surface area is 173 Å². The zero-order chi connectivity index (χ0) is 21.3. The number of carbonyl (C=O) groups excluding carboxylic acids is 2. The first-order valence-electron chi connectivity index (χ1n) is 9.18. The van der Waals surface area contributed by atoms with Gasteiger partial charge in [-0.1, -0.05) is 29.8 Å². The van der Waals surface area contributed by atoms with Crippen LogP contribution in [0.2, 0.25) is 0 Å². The van der Waals surface area contributed by atoms with Gasteiger partial charge in [-0.3, -0.25) is 9.59 Å². The highest BCUT2D eigenvalue weighted by atomic mass is 19.1. The molecule has 3 aromatic rings. The first-order valence-corrected chi connectivity index (χ1v) is 9.18. The van der Waals surface area contributed by atoms with Crippen molar-refractivity contribution in [1.82, 2.24) is 5.43 Å². The number of nitrogens with zero attached hydrogens (tertiary/aromatic N) is 1. The third kappa shape index (κ3) is 6.27. The van der Waals surface area contributed by atoms with E-state index in [1.54, 1.807) is 48.5 Å². The second kappa shape index (κ2) is 9.97. The van der Waals surface area contributed by atoms with Gasteiger partial charge in [0.25, 0.3) is 0 Å². The average molecular weight is 405 g/mol. The number of carbonyl (C=O) groups is 2. The molecule has 0 saturated carbocycles. The lowest BCUT2D eigenvalue weighted by Crippen LogP contribution is -2.32. The number of hydrogen-bond donors (Lipinski definition) is 2. The Morgan fingerprint density at radius 3 is 2.43 bits per heavy atom. The van der Waals surface area contributed by atoms with Crippen molar-refractivity contribution in [2.45, 2.75) is 13.5 Å². The minimum Gasteiger partial charge on any atom is -0.489 e. The molecule has 30 heavy (non-hydrogen) atoms. The Morgan fingerprint density at radius 2 is 1.73 bits per heavy atom. The molecule has 3 aromatic carbocycles. The molecule has 152 valence electrons. The number of ether oxygens (including phenoxy) is 1. The minimum atomic E-state index is -0.873. The summed E-state index contributed by atoms with van der Waals surface area (Å²) >= 11 is 0. The van der Waals surface area contributed by atoms with E-state index in [0.29, 0.717) is 17.0 Å². The van der Waals surface area contributed by atoms with E-state index < -0.39 is 11.8 Å². The number of aryl methyl sites for hydroxylation is 1. The van der Waals surface area contributed by atoms with E-state index in [9.17, 15) is 14.0 Å². The summed E-state index contributed by atoms with van der Waals surface area (Å²) in [4.78, 5) is 23.7. The molecule has 7 heteroatoms. The predicted molar refractivity (Wildman–Crippen MR) is 113 cm³/mol. The molecule has 0 saturated heterocycles. The van der Waals surface area contributed by atoms with Crippen molar-refractivity contribution >= 4 is 23.7 Å². The predicted octanol–water partition coefficient (Wildman–Crippen LogP) is 3.80. The summed E-state index contributed by atoms with van der Waals surface area (Å²) in [5.41, 5.74) is 5.19. The maximum absolute atomic E-state index is 13.2. The van der Waals surface area contributed by atoms with Crippen LogP contribution in [0.25, 0.3) is 0 Å². The molecule has 0 bridgehead atoms. The normalized spacial score (nSPS) is 10.6. The Hall–Kier alpha value is -4.00. The molecule has 6 nitrogen and oxygen atoms in total. The quantitative estimate of drug-likeness (QED) is 0.372. The molecule has 0 fully saturated rings. The summed E-state index contributed by atoms with van der Waals surface area (Å²) in [7, 11) is 0. The lowest BCUT2D eigenvalue weighted by molar-refractivity contribution is -0.136. The number of anilines is 1. The fraction of sp³-hybridized carbons (Fsp3) is 0.0870. The van der Waals surface area contributed by atoms with Crippen molar-refractivity contribution < 1.29 is 18.7 Å². The maximum Gasteiger partial charge on any atom is 0.329 e. The van der Waals surface area contributed by atoms with Crippen LogP contribution in [0.5, 0.6) is 5.75 Å². The van der Waals surface area contributed by atoms with Crippen molar-refractivity contribution in [2.24, 2.45) is 5.10 Å². The molecular formula is C23H20FN3O3. The summed E-state index contributed by atoms with van der Waals surface area (Å²) in [6.45, 7) is 2.17. The van der Waals surface area contributed by atoms with Crippen LogP contribution < -0.4 is 15.5 Å². The minimum absolute atomic E-state index is 0.247. The van der Waals surface area contributed by atoms with Crippen molar-refractivity contribution in [3.05, 3.63) is 95.3 Å². The van der Waals surface area contributed by atoms with Crippen LogP contribution in [0.4, 0.5) is 10.1 Å². The molecular weight excluding hydrogens is 385 g/mol. The summed E-state index contributed by atoms with van der Waals surface area (Å²) in [5, 5.41) is 6.27. The van der Waals surface area contributed by atoms with Crippen LogP contribution in [-0.2, 0) is 16.2 Å². The van der Waals surface area contributed by atoms with Crippen LogP contribution in [-0.4, -0.2) is 18.0 Å². The van der Waals surface area contributed by atoms with Gasteiger partial charge < -0.3 is 10.1 Å². The fourth-order valence-corrected chi connectivity index (χ4v) is 2.48. The Morgan fingerprint density at radius 1 is 1.00 bits per heavy atom. The topological polar surface area (TPSA) is 79.8 Å². The van der Waals surface area contributed by atoms with Gasteiger partial charge in [0.1, 0.15) is 18.2 Å². The molecule has 0 spiro atoms. The van der Waals surface area contributed by atoms with Crippen LogP contribution >= 0.6 is 0 Å². The molecule has 2 N–H and O–H groups in total. The fourth-order valence-electron chi connectivity index (χ4n) is 2.48. The van der Waals surface area contributed by atoms with Crippen LogP contribution in [0.1, 0.15) is 16.7 Å². The highest BCUT2D eigenvalue weighted by Crippen LogP contribution is 2.14. The van der Waals surface area contributed by atoms with E-state index in [1.165, 1.54) is 18.3 Å². The smallest absolute Gasteiger partial charge is 0.329 e. The second-order valence-corrected chi connectivity index (χ2v) is 6.51. The van der Waals surface area contributed by atoms with Gasteiger partial charge in [-0.2, -0.15) is 5.10 Å². The lowest BCUT2D eigenvalue weighted by Gasteiger charge is -2.06. The number of rotatable bonds is 6. The third-order valence-electron chi connectivity index (χ3n) is 4.07. The number of nitrogens with one attached hydrogen (secondary N) is 2. The van der Waals surface area contributed by atoms with E-state index in [1.807, 2.05) is 19.1 Å². The van der Waals surface area contributed by atoms with Gasteiger partial charge >= 0.3 is 11.8 Å². The number of amides is 2. The summed E-state index contributed by atoms with van der Waals surface area (Å²) < 4.78 is 18.8. The molecule has 3 rings (SSSR count). The van der Waals surface area contributed by atoms with Crippen molar-refractivity contribution in [3.63, 3.8) is 0 Å². The monoisotopic (exact) mass is 405 g/mol. The molecule has 0 atom stereocenters. The first-order chi connectivity index (χ1) is 14.5. The Balaban J connectivity index is 1.46. The molecule has 0 unspecified atom stereocenters.